The maximum Gasteiger partial charge on any atom is 0.222 e. The van der Waals surface area contributed by atoms with Crippen molar-refractivity contribution >= 4 is 57.2 Å². The summed E-state index contributed by atoms with van der Waals surface area (Å²) in [5, 5.41) is 16.9. The number of nitrogens with zero attached hydrogens (tertiary/aromatic N) is 3. The number of amides is 1. The molecule has 0 radical (unpaired) electrons. The van der Waals surface area contributed by atoms with Crippen LogP contribution in [0, 0.1) is 0 Å². The number of anilines is 3. The van der Waals surface area contributed by atoms with Crippen molar-refractivity contribution in [2.24, 2.45) is 0 Å². The van der Waals surface area contributed by atoms with Crippen molar-refractivity contribution in [1.82, 2.24) is 15.2 Å². The topological polar surface area (TPSA) is 79.8 Å². The average molecular weight is 468 g/mol. The van der Waals surface area contributed by atoms with Crippen LogP contribution in [-0.4, -0.2) is 21.1 Å². The molecular weight excluding hydrogens is 450 g/mol. The third-order valence-corrected chi connectivity index (χ3v) is 6.43. The van der Waals surface area contributed by atoms with Crippen LogP contribution < -0.4 is 10.6 Å². The van der Waals surface area contributed by atoms with E-state index in [0.29, 0.717) is 16.0 Å². The fourth-order valence-electron chi connectivity index (χ4n) is 2.78. The van der Waals surface area contributed by atoms with E-state index in [1.807, 2.05) is 54.6 Å². The molecule has 2 aromatic carbocycles. The molecule has 2 aromatic heterocycles. The molecule has 0 unspecified atom stereocenters. The third kappa shape index (κ3) is 5.81. The standard InChI is InChI=1S/C22H18ClN5OS2/c1-14(29)25-20-12-15(10-11-24-20)13-30-19-5-3-2-4-18(19)21-27-28-22(31-21)26-17-8-6-16(23)7-9-17/h2-12H,13H2,1H3,(H,26,28)(H,24,25,29). The Bertz CT molecular complexity index is 1200. The Labute approximate surface area is 193 Å². The largest absolute Gasteiger partial charge is 0.330 e. The maximum absolute atomic E-state index is 11.3. The minimum Gasteiger partial charge on any atom is -0.330 e. The Hall–Kier alpha value is -2.94. The number of carbonyl (C=O) groups excluding carboxylic acids is 1. The van der Waals surface area contributed by atoms with Crippen LogP contribution in [0.2, 0.25) is 5.02 Å². The molecule has 0 bridgehead atoms. The van der Waals surface area contributed by atoms with E-state index in [4.69, 9.17) is 11.6 Å². The van der Waals surface area contributed by atoms with E-state index in [9.17, 15) is 4.79 Å². The van der Waals surface area contributed by atoms with Gasteiger partial charge >= 0.3 is 0 Å². The minimum atomic E-state index is -0.137. The lowest BCUT2D eigenvalue weighted by Crippen LogP contribution is -2.07. The summed E-state index contributed by atoms with van der Waals surface area (Å²) in [5.41, 5.74) is 3.01. The minimum absolute atomic E-state index is 0.137. The van der Waals surface area contributed by atoms with Gasteiger partial charge in [0.1, 0.15) is 5.82 Å². The molecule has 0 fully saturated rings. The lowest BCUT2D eigenvalue weighted by Gasteiger charge is -2.08. The average Bonchev–Trinajstić information content (AvgIpc) is 3.22. The molecule has 9 heteroatoms. The lowest BCUT2D eigenvalue weighted by atomic mass is 10.2. The second kappa shape index (κ2) is 9.91. The first-order valence-electron chi connectivity index (χ1n) is 9.37. The normalized spacial score (nSPS) is 10.6. The van der Waals surface area contributed by atoms with E-state index in [0.717, 1.165) is 32.5 Å². The summed E-state index contributed by atoms with van der Waals surface area (Å²) in [5.74, 6) is 1.16. The van der Waals surface area contributed by atoms with Crippen LogP contribution in [0.3, 0.4) is 0 Å². The lowest BCUT2D eigenvalue weighted by molar-refractivity contribution is -0.114. The zero-order chi connectivity index (χ0) is 21.6. The van der Waals surface area contributed by atoms with E-state index in [-0.39, 0.29) is 5.91 Å². The smallest absolute Gasteiger partial charge is 0.222 e. The van der Waals surface area contributed by atoms with Gasteiger partial charge in [0.05, 0.1) is 0 Å². The van der Waals surface area contributed by atoms with E-state index in [1.165, 1.54) is 18.3 Å². The van der Waals surface area contributed by atoms with Gasteiger partial charge in [-0.2, -0.15) is 0 Å². The molecule has 0 spiro atoms. The van der Waals surface area contributed by atoms with Crippen LogP contribution in [0.1, 0.15) is 12.5 Å². The number of carbonyl (C=O) groups is 1. The zero-order valence-electron chi connectivity index (χ0n) is 16.5. The monoisotopic (exact) mass is 467 g/mol. The molecule has 0 saturated carbocycles. The van der Waals surface area contributed by atoms with Crippen LogP contribution in [-0.2, 0) is 10.5 Å². The van der Waals surface area contributed by atoms with Gasteiger partial charge in [0.2, 0.25) is 11.0 Å². The van der Waals surface area contributed by atoms with Gasteiger partial charge in [0.25, 0.3) is 0 Å². The molecule has 6 nitrogen and oxygen atoms in total. The van der Waals surface area contributed by atoms with Crippen molar-refractivity contribution < 1.29 is 4.79 Å². The molecule has 0 atom stereocenters. The van der Waals surface area contributed by atoms with E-state index in [2.05, 4.69) is 31.9 Å². The highest BCUT2D eigenvalue weighted by atomic mass is 35.5. The zero-order valence-corrected chi connectivity index (χ0v) is 18.9. The van der Waals surface area contributed by atoms with Crippen LogP contribution in [0.25, 0.3) is 10.6 Å². The molecule has 31 heavy (non-hydrogen) atoms. The first-order chi connectivity index (χ1) is 15.1. The number of benzene rings is 2. The second-order valence-electron chi connectivity index (χ2n) is 6.56. The summed E-state index contributed by atoms with van der Waals surface area (Å²) in [6, 6.07) is 19.4. The first-order valence-corrected chi connectivity index (χ1v) is 11.6. The van der Waals surface area contributed by atoms with Gasteiger partial charge in [-0.15, -0.1) is 22.0 Å². The molecule has 0 aliphatic heterocycles. The number of nitrogens with one attached hydrogen (secondary N) is 2. The van der Waals surface area contributed by atoms with Gasteiger partial charge in [-0.25, -0.2) is 4.98 Å². The predicted molar refractivity (Wildman–Crippen MR) is 128 cm³/mol. The molecule has 0 saturated heterocycles. The molecule has 0 aliphatic carbocycles. The molecule has 2 N–H and O–H groups in total. The number of halogens is 1. The van der Waals surface area contributed by atoms with Crippen LogP contribution in [0.4, 0.5) is 16.6 Å². The number of thioether (sulfide) groups is 1. The van der Waals surface area contributed by atoms with Crippen LogP contribution in [0.15, 0.2) is 71.8 Å². The Kier molecular flexibility index (Phi) is 6.81. The van der Waals surface area contributed by atoms with Crippen molar-refractivity contribution in [1.29, 1.82) is 0 Å². The van der Waals surface area contributed by atoms with Gasteiger partial charge < -0.3 is 10.6 Å². The van der Waals surface area contributed by atoms with Gasteiger partial charge in [-0.1, -0.05) is 41.1 Å². The summed E-state index contributed by atoms with van der Waals surface area (Å²) in [6.45, 7) is 1.47. The van der Waals surface area contributed by atoms with Crippen molar-refractivity contribution in [3.8, 4) is 10.6 Å². The molecule has 0 aliphatic rings. The van der Waals surface area contributed by atoms with Crippen LogP contribution in [0.5, 0.6) is 0 Å². The Morgan fingerprint density at radius 3 is 2.71 bits per heavy atom. The molecule has 1 amide bonds. The van der Waals surface area contributed by atoms with Gasteiger partial charge in [-0.3, -0.25) is 4.79 Å². The van der Waals surface area contributed by atoms with Crippen LogP contribution >= 0.6 is 34.7 Å². The fourth-order valence-corrected chi connectivity index (χ4v) is 4.77. The quantitative estimate of drug-likeness (QED) is 0.313. The van der Waals surface area contributed by atoms with Crippen molar-refractivity contribution in [3.05, 3.63) is 77.4 Å². The third-order valence-electron chi connectivity index (χ3n) is 4.16. The number of hydrogen-bond acceptors (Lipinski definition) is 7. The van der Waals surface area contributed by atoms with Crippen molar-refractivity contribution in [2.75, 3.05) is 10.6 Å². The predicted octanol–water partition coefficient (Wildman–Crippen LogP) is 6.25. The Morgan fingerprint density at radius 1 is 1.10 bits per heavy atom. The van der Waals surface area contributed by atoms with E-state index in [1.54, 1.807) is 18.0 Å². The Balaban J connectivity index is 1.48. The number of hydrogen-bond donors (Lipinski definition) is 2. The first kappa shape index (κ1) is 21.3. The van der Waals surface area contributed by atoms with E-state index < -0.39 is 0 Å². The van der Waals surface area contributed by atoms with Gasteiger partial charge in [0, 0.05) is 40.0 Å². The molecule has 156 valence electrons. The summed E-state index contributed by atoms with van der Waals surface area (Å²) in [7, 11) is 0. The number of rotatable bonds is 7. The number of pyridine rings is 1. The summed E-state index contributed by atoms with van der Waals surface area (Å²) in [4.78, 5) is 16.5. The molecule has 4 aromatic rings. The fraction of sp³-hybridized carbons (Fsp3) is 0.0909. The SMILES string of the molecule is CC(=O)Nc1cc(CSc2ccccc2-c2nnc(Nc3ccc(Cl)cc3)s2)ccn1. The number of aromatic nitrogens is 3. The molecular formula is C22H18ClN5OS2. The highest BCUT2D eigenvalue weighted by molar-refractivity contribution is 7.98. The summed E-state index contributed by atoms with van der Waals surface area (Å²) < 4.78 is 0. The molecule has 4 rings (SSSR count). The maximum atomic E-state index is 11.3. The van der Waals surface area contributed by atoms with Gasteiger partial charge in [0.15, 0.2) is 5.01 Å². The highest BCUT2D eigenvalue weighted by Gasteiger charge is 2.12. The second-order valence-corrected chi connectivity index (χ2v) is 8.99. The summed E-state index contributed by atoms with van der Waals surface area (Å²) in [6.07, 6.45) is 1.70. The Morgan fingerprint density at radius 2 is 1.90 bits per heavy atom. The van der Waals surface area contributed by atoms with Crippen molar-refractivity contribution in [3.63, 3.8) is 0 Å². The van der Waals surface area contributed by atoms with E-state index >= 15 is 0 Å². The molecule has 2 heterocycles. The van der Waals surface area contributed by atoms with Gasteiger partial charge in [-0.05, 0) is 48.0 Å². The highest BCUT2D eigenvalue weighted by Crippen LogP contribution is 2.36. The van der Waals surface area contributed by atoms with Crippen molar-refractivity contribution in [2.45, 2.75) is 17.6 Å². The summed E-state index contributed by atoms with van der Waals surface area (Å²) >= 11 is 9.14.